The topological polar surface area (TPSA) is 98.7 Å². The van der Waals surface area contributed by atoms with Crippen molar-refractivity contribution in [3.8, 4) is 0 Å². The van der Waals surface area contributed by atoms with E-state index in [1.165, 1.54) is 11.3 Å². The van der Waals surface area contributed by atoms with Crippen LogP contribution in [0.1, 0.15) is 45.8 Å². The highest BCUT2D eigenvalue weighted by Crippen LogP contribution is 2.41. The molecular formula is C16H19N3O4S. The second kappa shape index (κ2) is 5.65. The number of hydrogen-bond acceptors (Lipinski definition) is 6. The predicted octanol–water partition coefficient (Wildman–Crippen LogP) is 0.0801. The lowest BCUT2D eigenvalue weighted by molar-refractivity contribution is -0.136. The Kier molecular flexibility index (Phi) is 3.70. The molecule has 1 unspecified atom stereocenters. The Hall–Kier alpha value is -1.77. The summed E-state index contributed by atoms with van der Waals surface area (Å²) in [6.07, 6.45) is 1.90. The summed E-state index contributed by atoms with van der Waals surface area (Å²) >= 11 is 1.34. The van der Waals surface area contributed by atoms with Gasteiger partial charge in [0.25, 0.3) is 5.91 Å². The van der Waals surface area contributed by atoms with E-state index in [1.807, 2.05) is 6.07 Å². The summed E-state index contributed by atoms with van der Waals surface area (Å²) in [5.41, 5.74) is 0.0108. The molecule has 1 aromatic heterocycles. The van der Waals surface area contributed by atoms with Crippen LogP contribution in [-0.4, -0.2) is 46.9 Å². The molecule has 1 atom stereocenters. The van der Waals surface area contributed by atoms with Crippen LogP contribution in [0.2, 0.25) is 0 Å². The molecule has 2 saturated heterocycles. The van der Waals surface area contributed by atoms with Crippen LogP contribution in [0.3, 0.4) is 0 Å². The number of carbonyl (C=O) groups is 3. The van der Waals surface area contributed by atoms with Gasteiger partial charge in [0, 0.05) is 17.8 Å². The minimum absolute atomic E-state index is 0.173. The molecule has 4 rings (SSSR count). The summed E-state index contributed by atoms with van der Waals surface area (Å²) in [7, 11) is 0. The van der Waals surface area contributed by atoms with Gasteiger partial charge in [0.2, 0.25) is 11.8 Å². The number of amides is 3. The number of aliphatic hydroxyl groups is 1. The van der Waals surface area contributed by atoms with Crippen molar-refractivity contribution in [3.05, 3.63) is 21.4 Å². The molecule has 7 nitrogen and oxygen atoms in total. The highest BCUT2D eigenvalue weighted by molar-refractivity contribution is 7.14. The summed E-state index contributed by atoms with van der Waals surface area (Å²) < 4.78 is 0. The first kappa shape index (κ1) is 15.7. The SMILES string of the molecule is O=C1CCC(N2Cc3cc(C4(O)CCNCC4)sc3C2=O)C(=O)N1. The molecule has 0 spiro atoms. The number of imide groups is 1. The fourth-order valence-electron chi connectivity index (χ4n) is 3.66. The molecule has 0 aliphatic carbocycles. The van der Waals surface area contributed by atoms with Crippen LogP contribution < -0.4 is 10.6 Å². The molecule has 8 heteroatoms. The molecule has 4 heterocycles. The third kappa shape index (κ3) is 2.45. The van der Waals surface area contributed by atoms with Crippen molar-refractivity contribution in [1.29, 1.82) is 0 Å². The molecule has 3 aliphatic heterocycles. The molecule has 3 N–H and O–H groups in total. The largest absolute Gasteiger partial charge is 0.384 e. The number of fused-ring (bicyclic) bond motifs is 1. The summed E-state index contributed by atoms with van der Waals surface area (Å²) in [6, 6.07) is 1.33. The lowest BCUT2D eigenvalue weighted by Crippen LogP contribution is -2.52. The molecule has 0 radical (unpaired) electrons. The van der Waals surface area contributed by atoms with Crippen LogP contribution in [0.15, 0.2) is 6.07 Å². The zero-order valence-electron chi connectivity index (χ0n) is 13.1. The van der Waals surface area contributed by atoms with Gasteiger partial charge in [0.1, 0.15) is 11.6 Å². The zero-order valence-corrected chi connectivity index (χ0v) is 13.9. The maximum atomic E-state index is 12.7. The second-order valence-electron chi connectivity index (χ2n) is 6.65. The second-order valence-corrected chi connectivity index (χ2v) is 7.70. The number of nitrogens with one attached hydrogen (secondary N) is 2. The van der Waals surface area contributed by atoms with Crippen molar-refractivity contribution in [2.24, 2.45) is 0 Å². The first-order valence-corrected chi connectivity index (χ1v) is 9.00. The molecule has 3 aliphatic rings. The van der Waals surface area contributed by atoms with Gasteiger partial charge in [-0.15, -0.1) is 11.3 Å². The van der Waals surface area contributed by atoms with E-state index in [2.05, 4.69) is 10.6 Å². The Balaban J connectivity index is 1.55. The number of piperidine rings is 2. The van der Waals surface area contributed by atoms with Gasteiger partial charge in [-0.2, -0.15) is 0 Å². The molecular weight excluding hydrogens is 330 g/mol. The Morgan fingerprint density at radius 1 is 1.25 bits per heavy atom. The smallest absolute Gasteiger partial charge is 0.265 e. The third-order valence-corrected chi connectivity index (χ3v) is 6.44. The first-order valence-electron chi connectivity index (χ1n) is 8.19. The number of nitrogens with zero attached hydrogens (tertiary/aromatic N) is 1. The summed E-state index contributed by atoms with van der Waals surface area (Å²) in [6.45, 7) is 1.89. The van der Waals surface area contributed by atoms with E-state index in [0.29, 0.717) is 30.7 Å². The monoisotopic (exact) mass is 349 g/mol. The van der Waals surface area contributed by atoms with E-state index in [0.717, 1.165) is 23.5 Å². The highest BCUT2D eigenvalue weighted by atomic mass is 32.1. The fourth-order valence-corrected chi connectivity index (χ4v) is 4.93. The number of hydrogen-bond donors (Lipinski definition) is 3. The lowest BCUT2D eigenvalue weighted by Gasteiger charge is -2.32. The Labute approximate surface area is 143 Å². The number of rotatable bonds is 2. The van der Waals surface area contributed by atoms with Crippen molar-refractivity contribution < 1.29 is 19.5 Å². The van der Waals surface area contributed by atoms with E-state index < -0.39 is 17.6 Å². The van der Waals surface area contributed by atoms with Gasteiger partial charge < -0.3 is 15.3 Å². The Morgan fingerprint density at radius 3 is 2.67 bits per heavy atom. The fraction of sp³-hybridized carbons (Fsp3) is 0.562. The molecule has 24 heavy (non-hydrogen) atoms. The molecule has 0 saturated carbocycles. The van der Waals surface area contributed by atoms with Crippen molar-refractivity contribution >= 4 is 29.1 Å². The minimum atomic E-state index is -0.861. The molecule has 0 bridgehead atoms. The number of thiophene rings is 1. The Morgan fingerprint density at radius 2 is 2.00 bits per heavy atom. The normalized spacial score (nSPS) is 26.5. The van der Waals surface area contributed by atoms with Gasteiger partial charge in [0.05, 0.1) is 4.88 Å². The zero-order chi connectivity index (χ0) is 16.9. The average molecular weight is 349 g/mol. The van der Waals surface area contributed by atoms with Crippen molar-refractivity contribution in [3.63, 3.8) is 0 Å². The van der Waals surface area contributed by atoms with Crippen LogP contribution in [-0.2, 0) is 21.7 Å². The van der Waals surface area contributed by atoms with E-state index >= 15 is 0 Å². The van der Waals surface area contributed by atoms with E-state index in [-0.39, 0.29) is 18.2 Å². The third-order valence-electron chi connectivity index (χ3n) is 5.08. The van der Waals surface area contributed by atoms with Crippen LogP contribution in [0, 0.1) is 0 Å². The highest BCUT2D eigenvalue weighted by Gasteiger charge is 2.42. The molecule has 0 aromatic carbocycles. The van der Waals surface area contributed by atoms with Gasteiger partial charge in [-0.25, -0.2) is 0 Å². The van der Waals surface area contributed by atoms with E-state index in [9.17, 15) is 19.5 Å². The van der Waals surface area contributed by atoms with Crippen LogP contribution in [0.25, 0.3) is 0 Å². The summed E-state index contributed by atoms with van der Waals surface area (Å²) in [4.78, 5) is 39.0. The van der Waals surface area contributed by atoms with Crippen LogP contribution >= 0.6 is 11.3 Å². The Bertz CT molecular complexity index is 723. The maximum Gasteiger partial charge on any atom is 0.265 e. The van der Waals surface area contributed by atoms with E-state index in [1.54, 1.807) is 4.90 Å². The van der Waals surface area contributed by atoms with Gasteiger partial charge in [-0.05, 0) is 44.0 Å². The number of carbonyl (C=O) groups excluding carboxylic acids is 3. The first-order chi connectivity index (χ1) is 11.5. The lowest BCUT2D eigenvalue weighted by atomic mass is 9.90. The molecule has 1 aromatic rings. The van der Waals surface area contributed by atoms with Crippen LogP contribution in [0.4, 0.5) is 0 Å². The van der Waals surface area contributed by atoms with Gasteiger partial charge in [-0.3, -0.25) is 19.7 Å². The summed E-state index contributed by atoms with van der Waals surface area (Å²) in [5, 5.41) is 16.3. The van der Waals surface area contributed by atoms with Crippen molar-refractivity contribution in [2.75, 3.05) is 13.1 Å². The average Bonchev–Trinajstić information content (AvgIpc) is 3.09. The molecule has 128 valence electrons. The molecule has 2 fully saturated rings. The molecule has 3 amide bonds. The minimum Gasteiger partial charge on any atom is -0.384 e. The van der Waals surface area contributed by atoms with Crippen LogP contribution in [0.5, 0.6) is 0 Å². The van der Waals surface area contributed by atoms with Crippen molar-refractivity contribution in [2.45, 2.75) is 43.9 Å². The van der Waals surface area contributed by atoms with E-state index in [4.69, 9.17) is 0 Å². The van der Waals surface area contributed by atoms with Gasteiger partial charge in [0.15, 0.2) is 0 Å². The van der Waals surface area contributed by atoms with Gasteiger partial charge >= 0.3 is 0 Å². The van der Waals surface area contributed by atoms with Gasteiger partial charge in [-0.1, -0.05) is 0 Å². The quantitative estimate of drug-likeness (QED) is 0.657. The maximum absolute atomic E-state index is 12.7. The summed E-state index contributed by atoms with van der Waals surface area (Å²) in [5.74, 6) is -0.853. The standard InChI is InChI=1S/C16H19N3O4S/c20-12-2-1-10(14(21)18-12)19-8-9-7-11(24-13(9)15(19)22)16(23)3-5-17-6-4-16/h7,10,17,23H,1-6,8H2,(H,18,20,21). The van der Waals surface area contributed by atoms with Crippen molar-refractivity contribution in [1.82, 2.24) is 15.5 Å². The predicted molar refractivity (Wildman–Crippen MR) is 86.4 cm³/mol.